The first-order valence-corrected chi connectivity index (χ1v) is 8.42. The highest BCUT2D eigenvalue weighted by atomic mass is 19.1. The third-order valence-corrected chi connectivity index (χ3v) is 4.26. The zero-order chi connectivity index (χ0) is 18.4. The van der Waals surface area contributed by atoms with Gasteiger partial charge in [0.2, 0.25) is 5.91 Å². The van der Waals surface area contributed by atoms with Crippen LogP contribution in [0.4, 0.5) is 10.1 Å². The number of aliphatic hydroxyl groups is 1. The number of anilines is 1. The Hall–Kier alpha value is -2.22. The molecule has 1 saturated heterocycles. The minimum absolute atomic E-state index is 0.161. The van der Waals surface area contributed by atoms with Crippen molar-refractivity contribution in [2.24, 2.45) is 0 Å². The van der Waals surface area contributed by atoms with Gasteiger partial charge in [0, 0.05) is 32.0 Å². The van der Waals surface area contributed by atoms with E-state index >= 15 is 0 Å². The Balaban J connectivity index is 1.84. The maximum Gasteiger partial charge on any atom is 0.252 e. The van der Waals surface area contributed by atoms with Crippen molar-refractivity contribution in [1.82, 2.24) is 15.2 Å². The molecule has 1 aliphatic rings. The molecule has 7 nitrogen and oxygen atoms in total. The molecule has 4 N–H and O–H groups in total. The number of carbonyl (C=O) groups excluding carboxylic acids is 2. The fourth-order valence-electron chi connectivity index (χ4n) is 2.99. The van der Waals surface area contributed by atoms with Gasteiger partial charge in [-0.1, -0.05) is 0 Å². The van der Waals surface area contributed by atoms with E-state index in [-0.39, 0.29) is 31.3 Å². The van der Waals surface area contributed by atoms with Crippen LogP contribution in [0.15, 0.2) is 18.5 Å². The molecule has 2 rings (SSSR count). The maximum atomic E-state index is 13.0. The molecule has 2 atom stereocenters. The Kier molecular flexibility index (Phi) is 6.30. The monoisotopic (exact) mass is 352 g/mol. The van der Waals surface area contributed by atoms with Gasteiger partial charge in [-0.25, -0.2) is 4.39 Å². The molecular weight excluding hydrogens is 327 g/mol. The highest BCUT2D eigenvalue weighted by Gasteiger charge is 2.35. The number of aromatic nitrogens is 1. The van der Waals surface area contributed by atoms with E-state index in [0.29, 0.717) is 37.1 Å². The first-order valence-electron chi connectivity index (χ1n) is 8.42. The number of halogens is 1. The highest BCUT2D eigenvalue weighted by molar-refractivity contribution is 5.94. The standard InChI is InChI=1S/C17H25FN4O3/c1-12(18)7-15(23)22-6-2-3-17(25,11-22)4-5-21-16(24)13-8-14(19)10-20-9-13/h8-10,12,25H,2-7,11,19H2,1H3,(H,21,24)/t12-,17?/m0/s1. The Morgan fingerprint density at radius 1 is 1.52 bits per heavy atom. The summed E-state index contributed by atoms with van der Waals surface area (Å²) < 4.78 is 13.0. The first kappa shape index (κ1) is 19.1. The number of nitrogens with one attached hydrogen (secondary N) is 1. The van der Waals surface area contributed by atoms with Crippen LogP contribution in [0.5, 0.6) is 0 Å². The summed E-state index contributed by atoms with van der Waals surface area (Å²) in [6.07, 6.45) is 2.99. The van der Waals surface area contributed by atoms with E-state index in [2.05, 4.69) is 10.3 Å². The van der Waals surface area contributed by atoms with Crippen LogP contribution >= 0.6 is 0 Å². The molecule has 0 radical (unpaired) electrons. The average Bonchev–Trinajstić information content (AvgIpc) is 2.54. The van der Waals surface area contributed by atoms with Crippen LogP contribution in [0.3, 0.4) is 0 Å². The van der Waals surface area contributed by atoms with Crippen LogP contribution in [0, 0.1) is 0 Å². The van der Waals surface area contributed by atoms with Gasteiger partial charge in [-0.05, 0) is 32.3 Å². The van der Waals surface area contributed by atoms with Gasteiger partial charge in [-0.3, -0.25) is 14.6 Å². The second-order valence-corrected chi connectivity index (χ2v) is 6.64. The summed E-state index contributed by atoms with van der Waals surface area (Å²) >= 11 is 0. The van der Waals surface area contributed by atoms with Gasteiger partial charge in [0.1, 0.15) is 6.17 Å². The average molecular weight is 352 g/mol. The predicted molar refractivity (Wildman–Crippen MR) is 91.6 cm³/mol. The smallest absolute Gasteiger partial charge is 0.252 e. The second-order valence-electron chi connectivity index (χ2n) is 6.64. The molecule has 0 aliphatic carbocycles. The zero-order valence-electron chi connectivity index (χ0n) is 14.4. The molecule has 1 unspecified atom stereocenters. The van der Waals surface area contributed by atoms with Crippen LogP contribution in [0.2, 0.25) is 0 Å². The van der Waals surface area contributed by atoms with Crippen LogP contribution in [-0.4, -0.2) is 58.2 Å². The number of β-amino-alcohol motifs (C(OH)–C–C–N with tert-alkyl or cyclic N) is 1. The molecule has 138 valence electrons. The van der Waals surface area contributed by atoms with Gasteiger partial charge in [0.25, 0.3) is 5.91 Å². The van der Waals surface area contributed by atoms with Gasteiger partial charge in [-0.2, -0.15) is 0 Å². The Morgan fingerprint density at radius 3 is 2.96 bits per heavy atom. The largest absolute Gasteiger partial charge is 0.397 e. The highest BCUT2D eigenvalue weighted by Crippen LogP contribution is 2.25. The summed E-state index contributed by atoms with van der Waals surface area (Å²) in [5.41, 5.74) is 5.27. The molecule has 25 heavy (non-hydrogen) atoms. The lowest BCUT2D eigenvalue weighted by Crippen LogP contribution is -2.51. The number of hydrogen-bond donors (Lipinski definition) is 3. The summed E-state index contributed by atoms with van der Waals surface area (Å²) in [4.78, 5) is 29.4. The van der Waals surface area contributed by atoms with E-state index in [4.69, 9.17) is 5.73 Å². The number of rotatable bonds is 6. The molecule has 0 aromatic carbocycles. The van der Waals surface area contributed by atoms with Crippen molar-refractivity contribution in [2.45, 2.75) is 44.4 Å². The molecule has 2 amide bonds. The molecule has 1 aliphatic heterocycles. The normalized spacial score (nSPS) is 21.6. The Morgan fingerprint density at radius 2 is 2.28 bits per heavy atom. The van der Waals surface area contributed by atoms with Crippen LogP contribution in [-0.2, 0) is 4.79 Å². The topological polar surface area (TPSA) is 109 Å². The van der Waals surface area contributed by atoms with Crippen molar-refractivity contribution in [1.29, 1.82) is 0 Å². The molecule has 2 heterocycles. The lowest BCUT2D eigenvalue weighted by molar-refractivity contribution is -0.139. The summed E-state index contributed by atoms with van der Waals surface area (Å²) in [5, 5.41) is 13.4. The summed E-state index contributed by atoms with van der Waals surface area (Å²) in [7, 11) is 0. The second kappa shape index (κ2) is 8.24. The number of pyridine rings is 1. The summed E-state index contributed by atoms with van der Waals surface area (Å²) in [6, 6.07) is 1.52. The van der Waals surface area contributed by atoms with E-state index < -0.39 is 11.8 Å². The van der Waals surface area contributed by atoms with Crippen molar-refractivity contribution in [3.63, 3.8) is 0 Å². The first-order chi connectivity index (χ1) is 11.8. The van der Waals surface area contributed by atoms with Crippen LogP contribution in [0.1, 0.15) is 43.0 Å². The van der Waals surface area contributed by atoms with Crippen molar-refractivity contribution >= 4 is 17.5 Å². The number of hydrogen-bond acceptors (Lipinski definition) is 5. The Bertz CT molecular complexity index is 626. The van der Waals surface area contributed by atoms with Crippen molar-refractivity contribution < 1.29 is 19.1 Å². The van der Waals surface area contributed by atoms with Crippen molar-refractivity contribution in [3.05, 3.63) is 24.0 Å². The van der Waals surface area contributed by atoms with Crippen LogP contribution in [0.25, 0.3) is 0 Å². The van der Waals surface area contributed by atoms with E-state index in [1.807, 2.05) is 0 Å². The number of amides is 2. The number of likely N-dealkylation sites (tertiary alicyclic amines) is 1. The number of nitrogens with two attached hydrogens (primary N) is 1. The number of alkyl halides is 1. The van der Waals surface area contributed by atoms with E-state index in [1.165, 1.54) is 30.3 Å². The van der Waals surface area contributed by atoms with E-state index in [9.17, 15) is 19.1 Å². The molecule has 0 spiro atoms. The molecule has 0 saturated carbocycles. The summed E-state index contributed by atoms with van der Waals surface area (Å²) in [5.74, 6) is -0.610. The van der Waals surface area contributed by atoms with Gasteiger partial charge in [0.05, 0.1) is 23.3 Å². The van der Waals surface area contributed by atoms with Crippen LogP contribution < -0.4 is 11.1 Å². The van der Waals surface area contributed by atoms with E-state index in [0.717, 1.165) is 0 Å². The Labute approximate surface area is 146 Å². The molecule has 8 heteroatoms. The quantitative estimate of drug-likeness (QED) is 0.704. The molecular formula is C17H25FN4O3. The fraction of sp³-hybridized carbons (Fsp3) is 0.588. The minimum atomic E-state index is -1.20. The van der Waals surface area contributed by atoms with Gasteiger partial charge in [0.15, 0.2) is 0 Å². The molecule has 1 aromatic heterocycles. The minimum Gasteiger partial charge on any atom is -0.397 e. The fourth-order valence-corrected chi connectivity index (χ4v) is 2.99. The third kappa shape index (κ3) is 5.67. The third-order valence-electron chi connectivity index (χ3n) is 4.26. The number of piperidine rings is 1. The van der Waals surface area contributed by atoms with Gasteiger partial charge < -0.3 is 21.1 Å². The van der Waals surface area contributed by atoms with E-state index in [1.54, 1.807) is 0 Å². The zero-order valence-corrected chi connectivity index (χ0v) is 14.4. The SMILES string of the molecule is C[C@H](F)CC(=O)N1CCCC(O)(CCNC(=O)c2cncc(N)c2)C1. The van der Waals surface area contributed by atoms with Crippen molar-refractivity contribution in [3.8, 4) is 0 Å². The maximum absolute atomic E-state index is 13.0. The molecule has 1 fully saturated rings. The predicted octanol–water partition coefficient (Wildman–Crippen LogP) is 0.885. The lowest BCUT2D eigenvalue weighted by atomic mass is 9.89. The van der Waals surface area contributed by atoms with Gasteiger partial charge >= 0.3 is 0 Å². The van der Waals surface area contributed by atoms with Gasteiger partial charge in [-0.15, -0.1) is 0 Å². The molecule has 0 bridgehead atoms. The summed E-state index contributed by atoms with van der Waals surface area (Å²) in [6.45, 7) is 2.28. The number of nitrogen functional groups attached to an aromatic ring is 1. The number of carbonyl (C=O) groups is 2. The van der Waals surface area contributed by atoms with Crippen molar-refractivity contribution in [2.75, 3.05) is 25.4 Å². The molecule has 1 aromatic rings. The number of nitrogens with zero attached hydrogens (tertiary/aromatic N) is 2. The lowest BCUT2D eigenvalue weighted by Gasteiger charge is -2.39.